The minimum atomic E-state index is -4.79. The van der Waals surface area contributed by atoms with Crippen molar-refractivity contribution in [1.29, 1.82) is 0 Å². The predicted octanol–water partition coefficient (Wildman–Crippen LogP) is 4.80. The van der Waals surface area contributed by atoms with Gasteiger partial charge >= 0.3 is 6.36 Å². The lowest BCUT2D eigenvalue weighted by molar-refractivity contribution is -0.274. The lowest BCUT2D eigenvalue weighted by Gasteiger charge is -2.12. The molecule has 4 aromatic rings. The van der Waals surface area contributed by atoms with Gasteiger partial charge in [-0.25, -0.2) is 18.7 Å². The summed E-state index contributed by atoms with van der Waals surface area (Å²) in [5.41, 5.74) is 0.766. The van der Waals surface area contributed by atoms with Gasteiger partial charge in [-0.1, -0.05) is 0 Å². The molecule has 0 amide bonds. The molecule has 0 unspecified atom stereocenters. The van der Waals surface area contributed by atoms with Crippen LogP contribution in [0, 0.1) is 11.6 Å². The molecule has 5 nitrogen and oxygen atoms in total. The zero-order valence-electron chi connectivity index (χ0n) is 13.3. The Balaban J connectivity index is 1.74. The molecule has 10 heteroatoms. The Morgan fingerprint density at radius 3 is 2.48 bits per heavy atom. The quantitative estimate of drug-likeness (QED) is 0.519. The SMILES string of the molecule is Fc1cc(F)c2c(c1)nc(Nc1ccc(OC(F)(F)F)cc1)c1nccn12. The van der Waals surface area contributed by atoms with Gasteiger partial charge in [0.2, 0.25) is 0 Å². The standard InChI is InChI=1S/C17H9F5N4O/c18-9-7-12(19)14-13(8-9)25-15(16-23-5-6-26(14)16)24-10-1-3-11(4-2-10)27-17(20,21)22/h1-8H,(H,24,25). The largest absolute Gasteiger partial charge is 0.573 e. The van der Waals surface area contributed by atoms with Crippen molar-refractivity contribution in [2.75, 3.05) is 5.32 Å². The first kappa shape index (κ1) is 17.0. The number of hydrogen-bond donors (Lipinski definition) is 1. The zero-order valence-corrected chi connectivity index (χ0v) is 13.3. The molecule has 0 atom stereocenters. The number of fused-ring (bicyclic) bond motifs is 3. The second-order valence-electron chi connectivity index (χ2n) is 5.53. The van der Waals surface area contributed by atoms with Crippen molar-refractivity contribution in [2.24, 2.45) is 0 Å². The van der Waals surface area contributed by atoms with E-state index in [4.69, 9.17) is 0 Å². The third-order valence-corrected chi connectivity index (χ3v) is 3.68. The van der Waals surface area contributed by atoms with E-state index in [2.05, 4.69) is 20.0 Å². The molecule has 0 aliphatic rings. The van der Waals surface area contributed by atoms with E-state index in [-0.39, 0.29) is 28.2 Å². The van der Waals surface area contributed by atoms with Crippen LogP contribution in [-0.4, -0.2) is 20.7 Å². The summed E-state index contributed by atoms with van der Waals surface area (Å²) in [6, 6.07) is 6.76. The number of anilines is 2. The molecule has 0 bridgehead atoms. The van der Waals surface area contributed by atoms with Gasteiger partial charge < -0.3 is 10.1 Å². The molecule has 4 rings (SSSR count). The highest BCUT2D eigenvalue weighted by molar-refractivity contribution is 5.84. The Kier molecular flexibility index (Phi) is 3.83. The Morgan fingerprint density at radius 2 is 1.78 bits per heavy atom. The fourth-order valence-electron chi connectivity index (χ4n) is 2.67. The molecule has 2 heterocycles. The molecule has 0 saturated heterocycles. The van der Waals surface area contributed by atoms with Crippen molar-refractivity contribution < 1.29 is 26.7 Å². The van der Waals surface area contributed by atoms with Crippen LogP contribution >= 0.6 is 0 Å². The molecule has 0 aliphatic carbocycles. The molecule has 2 aromatic heterocycles. The number of halogens is 5. The molecule has 0 spiro atoms. The smallest absolute Gasteiger partial charge is 0.406 e. The number of imidazole rings is 1. The number of nitrogens with zero attached hydrogens (tertiary/aromatic N) is 3. The van der Waals surface area contributed by atoms with Crippen molar-refractivity contribution in [3.8, 4) is 5.75 Å². The van der Waals surface area contributed by atoms with Crippen LogP contribution in [-0.2, 0) is 0 Å². The number of hydrogen-bond acceptors (Lipinski definition) is 4. The van der Waals surface area contributed by atoms with E-state index in [0.29, 0.717) is 5.69 Å². The highest BCUT2D eigenvalue weighted by atomic mass is 19.4. The molecular formula is C17H9F5N4O. The van der Waals surface area contributed by atoms with Crippen molar-refractivity contribution in [2.45, 2.75) is 6.36 Å². The minimum absolute atomic E-state index is 0.0533. The summed E-state index contributed by atoms with van der Waals surface area (Å²) in [4.78, 5) is 8.29. The summed E-state index contributed by atoms with van der Waals surface area (Å²) in [6.45, 7) is 0. The average molecular weight is 380 g/mol. The topological polar surface area (TPSA) is 51.5 Å². The molecule has 1 N–H and O–H groups in total. The average Bonchev–Trinajstić information content (AvgIpc) is 3.04. The molecular weight excluding hydrogens is 371 g/mol. The van der Waals surface area contributed by atoms with Gasteiger partial charge in [0, 0.05) is 30.2 Å². The molecule has 138 valence electrons. The maximum absolute atomic E-state index is 14.1. The van der Waals surface area contributed by atoms with Crippen molar-refractivity contribution in [1.82, 2.24) is 14.4 Å². The predicted molar refractivity (Wildman–Crippen MR) is 86.8 cm³/mol. The summed E-state index contributed by atoms with van der Waals surface area (Å²) in [5.74, 6) is -1.77. The van der Waals surface area contributed by atoms with Crippen LogP contribution in [0.2, 0.25) is 0 Å². The number of benzene rings is 2. The fourth-order valence-corrected chi connectivity index (χ4v) is 2.67. The summed E-state index contributed by atoms with van der Waals surface area (Å²) < 4.78 is 69.5. The Labute approximate surface area is 148 Å². The first-order valence-electron chi connectivity index (χ1n) is 7.55. The second kappa shape index (κ2) is 6.08. The molecule has 0 fully saturated rings. The van der Waals surface area contributed by atoms with Gasteiger partial charge in [0.05, 0.1) is 5.52 Å². The lowest BCUT2D eigenvalue weighted by Crippen LogP contribution is -2.17. The van der Waals surface area contributed by atoms with Gasteiger partial charge in [-0.2, -0.15) is 0 Å². The number of aromatic nitrogens is 3. The van der Waals surface area contributed by atoms with Crippen LogP contribution in [0.5, 0.6) is 5.75 Å². The third-order valence-electron chi connectivity index (χ3n) is 3.68. The van der Waals surface area contributed by atoms with Crippen molar-refractivity contribution >= 4 is 28.2 Å². The first-order valence-corrected chi connectivity index (χ1v) is 7.55. The molecule has 0 aliphatic heterocycles. The Morgan fingerprint density at radius 1 is 1.04 bits per heavy atom. The van der Waals surface area contributed by atoms with Crippen molar-refractivity contribution in [3.05, 3.63) is 60.4 Å². The van der Waals surface area contributed by atoms with Crippen LogP contribution in [0.3, 0.4) is 0 Å². The monoisotopic (exact) mass is 380 g/mol. The number of alkyl halides is 3. The van der Waals surface area contributed by atoms with Gasteiger partial charge in [0.15, 0.2) is 17.3 Å². The van der Waals surface area contributed by atoms with E-state index in [9.17, 15) is 22.0 Å². The molecule has 0 saturated carbocycles. The molecule has 2 aromatic carbocycles. The van der Waals surface area contributed by atoms with Crippen LogP contribution in [0.15, 0.2) is 48.8 Å². The van der Waals surface area contributed by atoms with Gasteiger partial charge in [-0.15, -0.1) is 13.2 Å². The van der Waals surface area contributed by atoms with Gasteiger partial charge in [0.1, 0.15) is 17.1 Å². The van der Waals surface area contributed by atoms with E-state index in [0.717, 1.165) is 24.3 Å². The number of ether oxygens (including phenoxy) is 1. The summed E-state index contributed by atoms with van der Waals surface area (Å²) in [6.07, 6.45) is -1.87. The number of rotatable bonds is 3. The number of nitrogens with one attached hydrogen (secondary N) is 1. The lowest BCUT2D eigenvalue weighted by atomic mass is 10.2. The molecule has 27 heavy (non-hydrogen) atoms. The van der Waals surface area contributed by atoms with Crippen LogP contribution in [0.4, 0.5) is 33.5 Å². The van der Waals surface area contributed by atoms with E-state index in [1.165, 1.54) is 28.9 Å². The molecule has 0 radical (unpaired) electrons. The van der Waals surface area contributed by atoms with E-state index in [1.807, 2.05) is 0 Å². The maximum Gasteiger partial charge on any atom is 0.573 e. The van der Waals surface area contributed by atoms with Crippen LogP contribution in [0.1, 0.15) is 0 Å². The van der Waals surface area contributed by atoms with Gasteiger partial charge in [0.25, 0.3) is 0 Å². The second-order valence-corrected chi connectivity index (χ2v) is 5.53. The first-order chi connectivity index (χ1) is 12.8. The minimum Gasteiger partial charge on any atom is -0.406 e. The highest BCUT2D eigenvalue weighted by Crippen LogP contribution is 2.28. The van der Waals surface area contributed by atoms with Gasteiger partial charge in [-0.05, 0) is 24.3 Å². The fraction of sp³-hybridized carbons (Fsp3) is 0.0588. The van der Waals surface area contributed by atoms with Crippen molar-refractivity contribution in [3.63, 3.8) is 0 Å². The van der Waals surface area contributed by atoms with E-state index >= 15 is 0 Å². The maximum atomic E-state index is 14.1. The summed E-state index contributed by atoms with van der Waals surface area (Å²) in [7, 11) is 0. The third kappa shape index (κ3) is 3.33. The van der Waals surface area contributed by atoms with E-state index in [1.54, 1.807) is 0 Å². The Bertz CT molecular complexity index is 1140. The Hall–Kier alpha value is -3.43. The summed E-state index contributed by atoms with van der Waals surface area (Å²) in [5, 5.41) is 2.88. The van der Waals surface area contributed by atoms with Crippen LogP contribution < -0.4 is 10.1 Å². The summed E-state index contributed by atoms with van der Waals surface area (Å²) >= 11 is 0. The van der Waals surface area contributed by atoms with Crippen LogP contribution in [0.25, 0.3) is 16.7 Å². The highest BCUT2D eigenvalue weighted by Gasteiger charge is 2.31. The normalized spacial score (nSPS) is 11.9. The van der Waals surface area contributed by atoms with Gasteiger partial charge in [-0.3, -0.25) is 4.40 Å². The zero-order chi connectivity index (χ0) is 19.2. The van der Waals surface area contributed by atoms with E-state index < -0.39 is 18.0 Å².